The van der Waals surface area contributed by atoms with Gasteiger partial charge in [0.15, 0.2) is 0 Å². The van der Waals surface area contributed by atoms with Crippen molar-refractivity contribution in [2.24, 2.45) is 5.92 Å². The van der Waals surface area contributed by atoms with Crippen molar-refractivity contribution in [1.29, 1.82) is 0 Å². The number of aryl methyl sites for hydroxylation is 3. The van der Waals surface area contributed by atoms with Crippen molar-refractivity contribution in [3.05, 3.63) is 40.2 Å². The Bertz CT molecular complexity index is 819. The molecule has 1 aromatic heterocycles. The molecular weight excluding hydrogens is 331 g/mol. The third-order valence-corrected chi connectivity index (χ3v) is 5.00. The predicted molar refractivity (Wildman–Crippen MR) is 88.7 cm³/mol. The monoisotopic (exact) mass is 348 g/mol. The van der Waals surface area contributed by atoms with Gasteiger partial charge in [-0.1, -0.05) is 11.6 Å². The standard InChI is InChI=1S/C17H18ClFN4O/c1-10-20-15-5-4-12(9-23(15)21-10)17(24)22-6-2-3-11-7-13(18)8-14(19)16(11)22/h7-8,12H,2-6,9H2,1H3. The van der Waals surface area contributed by atoms with Crippen molar-refractivity contribution < 1.29 is 9.18 Å². The summed E-state index contributed by atoms with van der Waals surface area (Å²) in [5, 5.41) is 4.72. The number of rotatable bonds is 1. The summed E-state index contributed by atoms with van der Waals surface area (Å²) < 4.78 is 16.3. The minimum absolute atomic E-state index is 0.0315. The molecule has 126 valence electrons. The van der Waals surface area contributed by atoms with Gasteiger partial charge in [0.2, 0.25) is 5.91 Å². The third-order valence-electron chi connectivity index (χ3n) is 4.78. The Balaban J connectivity index is 1.63. The van der Waals surface area contributed by atoms with Gasteiger partial charge in [0.1, 0.15) is 17.5 Å². The zero-order valence-electron chi connectivity index (χ0n) is 13.4. The molecule has 1 unspecified atom stereocenters. The molecule has 0 saturated heterocycles. The van der Waals surface area contributed by atoms with E-state index in [2.05, 4.69) is 10.1 Å². The van der Waals surface area contributed by atoms with Crippen LogP contribution in [0.3, 0.4) is 0 Å². The van der Waals surface area contributed by atoms with E-state index in [1.54, 1.807) is 11.0 Å². The van der Waals surface area contributed by atoms with E-state index in [0.29, 0.717) is 23.8 Å². The van der Waals surface area contributed by atoms with Crippen molar-refractivity contribution >= 4 is 23.2 Å². The fourth-order valence-corrected chi connectivity index (χ4v) is 3.96. The summed E-state index contributed by atoms with van der Waals surface area (Å²) in [4.78, 5) is 19.0. The second kappa shape index (κ2) is 5.84. The molecule has 0 N–H and O–H groups in total. The van der Waals surface area contributed by atoms with Gasteiger partial charge < -0.3 is 4.90 Å². The molecule has 3 heterocycles. The summed E-state index contributed by atoms with van der Waals surface area (Å²) in [6, 6.07) is 3.05. The maximum Gasteiger partial charge on any atom is 0.232 e. The topological polar surface area (TPSA) is 51.0 Å². The quantitative estimate of drug-likeness (QED) is 0.796. The number of amides is 1. The van der Waals surface area contributed by atoms with E-state index >= 15 is 0 Å². The molecule has 0 radical (unpaired) electrons. The van der Waals surface area contributed by atoms with Crippen LogP contribution in [0, 0.1) is 18.7 Å². The summed E-state index contributed by atoms with van der Waals surface area (Å²) in [6.07, 6.45) is 3.01. The molecule has 0 bridgehead atoms. The van der Waals surface area contributed by atoms with E-state index in [0.717, 1.165) is 42.9 Å². The van der Waals surface area contributed by atoms with Gasteiger partial charge in [-0.2, -0.15) is 5.10 Å². The lowest BCUT2D eigenvalue weighted by Crippen LogP contribution is -2.43. The molecule has 5 nitrogen and oxygen atoms in total. The number of benzene rings is 1. The average Bonchev–Trinajstić information content (AvgIpc) is 2.92. The summed E-state index contributed by atoms with van der Waals surface area (Å²) in [5.74, 6) is 1.00. The molecule has 4 rings (SSSR count). The average molecular weight is 349 g/mol. The summed E-state index contributed by atoms with van der Waals surface area (Å²) in [7, 11) is 0. The first-order valence-corrected chi connectivity index (χ1v) is 8.60. The van der Waals surface area contributed by atoms with E-state index in [-0.39, 0.29) is 11.8 Å². The van der Waals surface area contributed by atoms with Gasteiger partial charge in [-0.3, -0.25) is 4.79 Å². The molecular formula is C17H18ClFN4O. The summed E-state index contributed by atoms with van der Waals surface area (Å²) >= 11 is 5.95. The van der Waals surface area contributed by atoms with Crippen LogP contribution in [-0.2, 0) is 24.2 Å². The number of nitrogens with zero attached hydrogens (tertiary/aromatic N) is 4. The number of carbonyl (C=O) groups excluding carboxylic acids is 1. The van der Waals surface area contributed by atoms with E-state index in [4.69, 9.17) is 11.6 Å². The van der Waals surface area contributed by atoms with Crippen LogP contribution in [0.25, 0.3) is 0 Å². The number of hydrogen-bond acceptors (Lipinski definition) is 3. The Kier molecular flexibility index (Phi) is 3.79. The molecule has 1 atom stereocenters. The highest BCUT2D eigenvalue weighted by molar-refractivity contribution is 6.30. The molecule has 2 aliphatic rings. The maximum atomic E-state index is 14.4. The van der Waals surface area contributed by atoms with Crippen LogP contribution in [0.2, 0.25) is 5.02 Å². The van der Waals surface area contributed by atoms with Crippen LogP contribution in [0.15, 0.2) is 12.1 Å². The number of halogens is 2. The number of aromatic nitrogens is 3. The number of hydrogen-bond donors (Lipinski definition) is 0. The fraction of sp³-hybridized carbons (Fsp3) is 0.471. The summed E-state index contributed by atoms with van der Waals surface area (Å²) in [6.45, 7) is 2.91. The van der Waals surface area contributed by atoms with Gasteiger partial charge in [-0.15, -0.1) is 0 Å². The van der Waals surface area contributed by atoms with Crippen molar-refractivity contribution in [1.82, 2.24) is 14.8 Å². The van der Waals surface area contributed by atoms with Gasteiger partial charge in [0.25, 0.3) is 0 Å². The highest BCUT2D eigenvalue weighted by Gasteiger charge is 2.33. The Morgan fingerprint density at radius 1 is 1.38 bits per heavy atom. The Labute approximate surface area is 144 Å². The number of fused-ring (bicyclic) bond motifs is 2. The second-order valence-corrected chi connectivity index (χ2v) is 6.92. The van der Waals surface area contributed by atoms with Gasteiger partial charge in [-0.05, 0) is 43.9 Å². The second-order valence-electron chi connectivity index (χ2n) is 6.48. The van der Waals surface area contributed by atoms with Gasteiger partial charge in [0.05, 0.1) is 18.2 Å². The molecule has 24 heavy (non-hydrogen) atoms. The van der Waals surface area contributed by atoms with Gasteiger partial charge in [0, 0.05) is 18.0 Å². The zero-order valence-corrected chi connectivity index (χ0v) is 14.2. The molecule has 0 aliphatic carbocycles. The molecule has 0 fully saturated rings. The molecule has 2 aliphatic heterocycles. The fourth-order valence-electron chi connectivity index (χ4n) is 3.73. The first kappa shape index (κ1) is 15.6. The highest BCUT2D eigenvalue weighted by Crippen LogP contribution is 2.34. The largest absolute Gasteiger partial charge is 0.309 e. The molecule has 0 saturated carbocycles. The van der Waals surface area contributed by atoms with Crippen LogP contribution < -0.4 is 4.90 Å². The highest BCUT2D eigenvalue weighted by atomic mass is 35.5. The van der Waals surface area contributed by atoms with Crippen molar-refractivity contribution in [3.63, 3.8) is 0 Å². The predicted octanol–water partition coefficient (Wildman–Crippen LogP) is 2.92. The number of anilines is 1. The molecule has 0 spiro atoms. The third kappa shape index (κ3) is 2.59. The molecule has 1 amide bonds. The minimum atomic E-state index is -0.418. The molecule has 7 heteroatoms. The minimum Gasteiger partial charge on any atom is -0.309 e. The van der Waals surface area contributed by atoms with Crippen LogP contribution in [0.1, 0.15) is 30.1 Å². The van der Waals surface area contributed by atoms with Crippen LogP contribution in [-0.4, -0.2) is 27.2 Å². The lowest BCUT2D eigenvalue weighted by atomic mass is 9.95. The Morgan fingerprint density at radius 2 is 2.21 bits per heavy atom. The van der Waals surface area contributed by atoms with E-state index in [9.17, 15) is 9.18 Å². The van der Waals surface area contributed by atoms with Crippen LogP contribution in [0.5, 0.6) is 0 Å². The Hall–Kier alpha value is -1.95. The van der Waals surface area contributed by atoms with E-state index in [1.165, 1.54) is 6.07 Å². The lowest BCUT2D eigenvalue weighted by molar-refractivity contribution is -0.123. The van der Waals surface area contributed by atoms with Crippen LogP contribution >= 0.6 is 11.6 Å². The van der Waals surface area contributed by atoms with E-state index in [1.807, 2.05) is 11.6 Å². The lowest BCUT2D eigenvalue weighted by Gasteiger charge is -2.33. The van der Waals surface area contributed by atoms with Crippen molar-refractivity contribution in [2.45, 2.75) is 39.2 Å². The van der Waals surface area contributed by atoms with Gasteiger partial charge in [-0.25, -0.2) is 14.1 Å². The van der Waals surface area contributed by atoms with Crippen molar-refractivity contribution in [2.75, 3.05) is 11.4 Å². The number of carbonyl (C=O) groups is 1. The zero-order chi connectivity index (χ0) is 16.8. The summed E-state index contributed by atoms with van der Waals surface area (Å²) in [5.41, 5.74) is 1.21. The van der Waals surface area contributed by atoms with Crippen molar-refractivity contribution in [3.8, 4) is 0 Å². The van der Waals surface area contributed by atoms with E-state index < -0.39 is 5.82 Å². The molecule has 1 aromatic carbocycles. The SMILES string of the molecule is Cc1nc2n(n1)CC(C(=O)N1CCCc3cc(Cl)cc(F)c31)CC2. The maximum absolute atomic E-state index is 14.4. The normalized spacial score (nSPS) is 19.8. The van der Waals surface area contributed by atoms with Crippen LogP contribution in [0.4, 0.5) is 10.1 Å². The Morgan fingerprint density at radius 3 is 3.04 bits per heavy atom. The molecule has 2 aromatic rings. The first-order chi connectivity index (χ1) is 11.5. The smallest absolute Gasteiger partial charge is 0.232 e. The van der Waals surface area contributed by atoms with Gasteiger partial charge >= 0.3 is 0 Å². The first-order valence-electron chi connectivity index (χ1n) is 8.22.